The summed E-state index contributed by atoms with van der Waals surface area (Å²) in [5, 5.41) is 23.2. The molecule has 3 nitrogen and oxygen atoms in total. The van der Waals surface area contributed by atoms with Gasteiger partial charge in [-0.3, -0.25) is 0 Å². The Morgan fingerprint density at radius 1 is 0.700 bits per heavy atom. The summed E-state index contributed by atoms with van der Waals surface area (Å²) in [6.45, 7) is 0. The molecule has 4 aromatic rings. The minimum absolute atomic E-state index is 0.531. The Morgan fingerprint density at radius 3 is 2.25 bits per heavy atom. The van der Waals surface area contributed by atoms with Crippen molar-refractivity contribution in [2.24, 2.45) is 0 Å². The summed E-state index contributed by atoms with van der Waals surface area (Å²) in [6.07, 6.45) is 0. The highest BCUT2D eigenvalue weighted by Crippen LogP contribution is 2.30. The normalized spacial score (nSPS) is 11.5. The van der Waals surface area contributed by atoms with E-state index in [0.29, 0.717) is 5.46 Å². The minimum Gasteiger partial charge on any atom is -0.423 e. The molecule has 0 aliphatic rings. The van der Waals surface area contributed by atoms with Gasteiger partial charge in [-0.1, -0.05) is 48.5 Å². The first-order chi connectivity index (χ1) is 9.75. The zero-order valence-corrected chi connectivity index (χ0v) is 10.7. The van der Waals surface area contributed by atoms with Gasteiger partial charge in [0.2, 0.25) is 0 Å². The van der Waals surface area contributed by atoms with Gasteiger partial charge in [0.15, 0.2) is 0 Å². The van der Waals surface area contributed by atoms with Crippen LogP contribution in [0.3, 0.4) is 0 Å². The van der Waals surface area contributed by atoms with Crippen molar-refractivity contribution in [1.29, 1.82) is 0 Å². The van der Waals surface area contributed by atoms with Gasteiger partial charge >= 0.3 is 7.12 Å². The van der Waals surface area contributed by atoms with Gasteiger partial charge in [0.25, 0.3) is 0 Å². The molecule has 0 aliphatic heterocycles. The van der Waals surface area contributed by atoms with Gasteiger partial charge in [0.05, 0.1) is 5.52 Å². The molecule has 0 saturated carbocycles. The van der Waals surface area contributed by atoms with Gasteiger partial charge in [-0.2, -0.15) is 0 Å². The third-order valence-corrected chi connectivity index (χ3v) is 3.85. The van der Waals surface area contributed by atoms with E-state index in [1.54, 1.807) is 6.07 Å². The van der Waals surface area contributed by atoms with E-state index in [-0.39, 0.29) is 0 Å². The molecule has 3 aromatic carbocycles. The lowest BCUT2D eigenvalue weighted by molar-refractivity contribution is 0.426. The van der Waals surface area contributed by atoms with Gasteiger partial charge in [0, 0.05) is 21.7 Å². The smallest absolute Gasteiger partial charge is 0.423 e. The summed E-state index contributed by atoms with van der Waals surface area (Å²) in [4.78, 5) is 3.42. The van der Waals surface area contributed by atoms with Crippen molar-refractivity contribution in [3.8, 4) is 0 Å². The molecule has 0 aliphatic carbocycles. The largest absolute Gasteiger partial charge is 0.489 e. The third kappa shape index (κ3) is 1.49. The van der Waals surface area contributed by atoms with Crippen LogP contribution in [0.1, 0.15) is 0 Å². The fourth-order valence-electron chi connectivity index (χ4n) is 2.93. The molecular formula is C16H12BNO2. The number of fused-ring (bicyclic) bond motifs is 5. The van der Waals surface area contributed by atoms with Crippen LogP contribution in [-0.2, 0) is 0 Å². The first kappa shape index (κ1) is 11.5. The molecule has 3 N–H and O–H groups in total. The Balaban J connectivity index is 2.22. The summed E-state index contributed by atoms with van der Waals surface area (Å²) in [5.41, 5.74) is 2.65. The Morgan fingerprint density at radius 2 is 1.40 bits per heavy atom. The fourth-order valence-corrected chi connectivity index (χ4v) is 2.93. The van der Waals surface area contributed by atoms with Crippen LogP contribution in [0.25, 0.3) is 32.6 Å². The van der Waals surface area contributed by atoms with Gasteiger partial charge in [-0.15, -0.1) is 0 Å². The fraction of sp³-hybridized carbons (Fsp3) is 0. The Hall–Kier alpha value is -2.30. The number of para-hydroxylation sites is 1. The third-order valence-electron chi connectivity index (χ3n) is 3.85. The lowest BCUT2D eigenvalue weighted by atomic mass is 9.77. The minimum atomic E-state index is -1.46. The molecule has 4 rings (SSSR count). The van der Waals surface area contributed by atoms with Crippen LogP contribution in [0.5, 0.6) is 0 Å². The molecule has 0 fully saturated rings. The number of aromatic nitrogens is 1. The monoisotopic (exact) mass is 261 g/mol. The Kier molecular flexibility index (Phi) is 2.36. The highest BCUT2D eigenvalue weighted by Gasteiger charge is 2.16. The van der Waals surface area contributed by atoms with Crippen LogP contribution in [0.15, 0.2) is 54.6 Å². The summed E-state index contributed by atoms with van der Waals surface area (Å²) in [5.74, 6) is 0. The molecule has 0 atom stereocenters. The molecule has 0 radical (unpaired) electrons. The van der Waals surface area contributed by atoms with E-state index in [1.807, 2.05) is 42.5 Å². The van der Waals surface area contributed by atoms with Crippen molar-refractivity contribution in [1.82, 2.24) is 4.98 Å². The first-order valence-electron chi connectivity index (χ1n) is 6.54. The SMILES string of the molecule is OB(O)c1cccc2c1ccc1c3ccccc3[nH]c21. The van der Waals surface area contributed by atoms with Crippen LogP contribution < -0.4 is 5.46 Å². The van der Waals surface area contributed by atoms with Gasteiger partial charge in [0.1, 0.15) is 0 Å². The van der Waals surface area contributed by atoms with E-state index in [1.165, 1.54) is 5.39 Å². The zero-order valence-electron chi connectivity index (χ0n) is 10.7. The highest BCUT2D eigenvalue weighted by atomic mass is 16.4. The topological polar surface area (TPSA) is 56.2 Å². The van der Waals surface area contributed by atoms with E-state index in [0.717, 1.165) is 27.2 Å². The van der Waals surface area contributed by atoms with E-state index in [2.05, 4.69) is 11.1 Å². The molecule has 0 spiro atoms. The standard InChI is InChI=1S/C16H12BNO2/c19-17(20)14-6-3-5-12-10(14)8-9-13-11-4-1-2-7-15(11)18-16(12)13/h1-9,18-20H. The van der Waals surface area contributed by atoms with Crippen molar-refractivity contribution in [3.05, 3.63) is 54.6 Å². The van der Waals surface area contributed by atoms with Crippen molar-refractivity contribution in [2.75, 3.05) is 0 Å². The van der Waals surface area contributed by atoms with Crippen LogP contribution in [0.2, 0.25) is 0 Å². The highest BCUT2D eigenvalue weighted by molar-refractivity contribution is 6.62. The molecule has 1 heterocycles. The maximum absolute atomic E-state index is 9.48. The van der Waals surface area contributed by atoms with Crippen LogP contribution in [0, 0.1) is 0 Å². The Bertz CT molecular complexity index is 943. The molecule has 0 unspecified atom stereocenters. The summed E-state index contributed by atoms with van der Waals surface area (Å²) < 4.78 is 0. The second-order valence-corrected chi connectivity index (χ2v) is 4.97. The number of hydrogen-bond donors (Lipinski definition) is 3. The van der Waals surface area contributed by atoms with E-state index in [4.69, 9.17) is 0 Å². The maximum atomic E-state index is 9.48. The van der Waals surface area contributed by atoms with Gasteiger partial charge < -0.3 is 15.0 Å². The lowest BCUT2D eigenvalue weighted by Gasteiger charge is -2.06. The average Bonchev–Trinajstić information content (AvgIpc) is 2.85. The first-order valence-corrected chi connectivity index (χ1v) is 6.54. The van der Waals surface area contributed by atoms with E-state index < -0.39 is 7.12 Å². The van der Waals surface area contributed by atoms with Crippen molar-refractivity contribution in [3.63, 3.8) is 0 Å². The van der Waals surface area contributed by atoms with Crippen molar-refractivity contribution < 1.29 is 10.0 Å². The molecule has 4 heteroatoms. The number of hydrogen-bond acceptors (Lipinski definition) is 2. The lowest BCUT2D eigenvalue weighted by Crippen LogP contribution is -2.30. The predicted molar refractivity (Wildman–Crippen MR) is 83.1 cm³/mol. The van der Waals surface area contributed by atoms with E-state index in [9.17, 15) is 10.0 Å². The van der Waals surface area contributed by atoms with Gasteiger partial charge in [-0.25, -0.2) is 0 Å². The quantitative estimate of drug-likeness (QED) is 0.460. The number of benzene rings is 3. The maximum Gasteiger partial charge on any atom is 0.489 e. The predicted octanol–water partition coefficient (Wildman–Crippen LogP) is 2.15. The number of aromatic amines is 1. The van der Waals surface area contributed by atoms with Gasteiger partial charge in [-0.05, 0) is 16.9 Å². The molecule has 0 amide bonds. The molecule has 20 heavy (non-hydrogen) atoms. The van der Waals surface area contributed by atoms with Crippen LogP contribution in [0.4, 0.5) is 0 Å². The van der Waals surface area contributed by atoms with Crippen LogP contribution >= 0.6 is 0 Å². The average molecular weight is 261 g/mol. The molecule has 96 valence electrons. The van der Waals surface area contributed by atoms with Crippen molar-refractivity contribution in [2.45, 2.75) is 0 Å². The summed E-state index contributed by atoms with van der Waals surface area (Å²) >= 11 is 0. The molecule has 0 bridgehead atoms. The number of nitrogens with one attached hydrogen (secondary N) is 1. The second-order valence-electron chi connectivity index (χ2n) is 4.97. The zero-order chi connectivity index (χ0) is 13.7. The number of H-pyrrole nitrogens is 1. The molecule has 1 aromatic heterocycles. The second kappa shape index (κ2) is 4.10. The summed E-state index contributed by atoms with van der Waals surface area (Å²) in [6, 6.07) is 17.7. The summed E-state index contributed by atoms with van der Waals surface area (Å²) in [7, 11) is -1.46. The Labute approximate surface area is 115 Å². The van der Waals surface area contributed by atoms with Crippen LogP contribution in [-0.4, -0.2) is 22.2 Å². The van der Waals surface area contributed by atoms with Crippen molar-refractivity contribution >= 4 is 45.2 Å². The number of rotatable bonds is 1. The molecular weight excluding hydrogens is 249 g/mol. The molecule has 0 saturated heterocycles. The van der Waals surface area contributed by atoms with E-state index >= 15 is 0 Å².